The van der Waals surface area contributed by atoms with Crippen molar-refractivity contribution < 1.29 is 14.3 Å². The van der Waals surface area contributed by atoms with E-state index in [1.807, 2.05) is 44.2 Å². The van der Waals surface area contributed by atoms with Crippen LogP contribution in [0.3, 0.4) is 0 Å². The molecule has 0 aliphatic rings. The molecule has 7 heteroatoms. The van der Waals surface area contributed by atoms with Crippen LogP contribution in [-0.2, 0) is 9.59 Å². The van der Waals surface area contributed by atoms with Crippen LogP contribution in [0, 0.1) is 0 Å². The van der Waals surface area contributed by atoms with Crippen LogP contribution in [0.25, 0.3) is 0 Å². The van der Waals surface area contributed by atoms with Crippen molar-refractivity contribution in [2.75, 3.05) is 36.9 Å². The Balaban J connectivity index is 1.86. The van der Waals surface area contributed by atoms with Gasteiger partial charge in [-0.15, -0.1) is 0 Å². The number of amides is 2. The first kappa shape index (κ1) is 20.6. The topological polar surface area (TPSA) is 70.7 Å². The quantitative estimate of drug-likeness (QED) is 0.687. The Morgan fingerprint density at radius 3 is 2.37 bits per heavy atom. The number of halogens is 1. The summed E-state index contributed by atoms with van der Waals surface area (Å²) in [5.74, 6) is 0.110. The fourth-order valence-corrected chi connectivity index (χ4v) is 2.68. The second-order valence-electron chi connectivity index (χ2n) is 5.77. The van der Waals surface area contributed by atoms with E-state index in [0.29, 0.717) is 29.5 Å². The number of hydrogen-bond acceptors (Lipinski definition) is 4. The van der Waals surface area contributed by atoms with Gasteiger partial charge in [0.2, 0.25) is 5.91 Å². The smallest absolute Gasteiger partial charge is 0.260 e. The molecule has 0 aliphatic carbocycles. The number of carbonyl (C=O) groups excluding carboxylic acids is 2. The maximum atomic E-state index is 12.0. The zero-order chi connectivity index (χ0) is 19.6. The summed E-state index contributed by atoms with van der Waals surface area (Å²) in [6.45, 7) is 5.16. The van der Waals surface area contributed by atoms with Crippen LogP contribution in [0.2, 0.25) is 5.02 Å². The standard InChI is InChI=1S/C20H24ClN3O3/c1-3-24(4-2)20(26)14-27-18-11-10-16(12-17(18)21)23-19(25)13-22-15-8-6-5-7-9-15/h5-12,22H,3-4,13-14H2,1-2H3,(H,23,25). The molecule has 0 radical (unpaired) electrons. The second-order valence-corrected chi connectivity index (χ2v) is 6.17. The maximum absolute atomic E-state index is 12.0. The van der Waals surface area contributed by atoms with Crippen molar-refractivity contribution in [1.82, 2.24) is 4.90 Å². The summed E-state index contributed by atoms with van der Waals surface area (Å²) >= 11 is 6.20. The van der Waals surface area contributed by atoms with Crippen LogP contribution in [0.15, 0.2) is 48.5 Å². The van der Waals surface area contributed by atoms with E-state index in [0.717, 1.165) is 5.69 Å². The van der Waals surface area contributed by atoms with E-state index in [1.54, 1.807) is 23.1 Å². The summed E-state index contributed by atoms with van der Waals surface area (Å²) in [5, 5.41) is 6.13. The molecule has 2 rings (SSSR count). The largest absolute Gasteiger partial charge is 0.482 e. The van der Waals surface area contributed by atoms with Gasteiger partial charge in [0.25, 0.3) is 5.91 Å². The molecular formula is C20H24ClN3O3. The Hall–Kier alpha value is -2.73. The number of para-hydroxylation sites is 1. The first-order valence-electron chi connectivity index (χ1n) is 8.82. The van der Waals surface area contributed by atoms with E-state index < -0.39 is 0 Å². The van der Waals surface area contributed by atoms with Gasteiger partial charge in [-0.2, -0.15) is 0 Å². The van der Waals surface area contributed by atoms with Crippen LogP contribution in [0.4, 0.5) is 11.4 Å². The van der Waals surface area contributed by atoms with Crippen LogP contribution >= 0.6 is 11.6 Å². The number of anilines is 2. The first-order chi connectivity index (χ1) is 13.0. The van der Waals surface area contributed by atoms with Gasteiger partial charge in [0, 0.05) is 24.5 Å². The molecule has 0 aliphatic heterocycles. The maximum Gasteiger partial charge on any atom is 0.260 e. The summed E-state index contributed by atoms with van der Waals surface area (Å²) in [5.41, 5.74) is 1.43. The molecular weight excluding hydrogens is 366 g/mol. The summed E-state index contributed by atoms with van der Waals surface area (Å²) < 4.78 is 5.50. The Morgan fingerprint density at radius 1 is 1.04 bits per heavy atom. The predicted octanol–water partition coefficient (Wildman–Crippen LogP) is 3.64. The van der Waals surface area contributed by atoms with Crippen molar-refractivity contribution >= 4 is 34.8 Å². The van der Waals surface area contributed by atoms with E-state index in [4.69, 9.17) is 16.3 Å². The summed E-state index contributed by atoms with van der Waals surface area (Å²) in [6, 6.07) is 14.4. The van der Waals surface area contributed by atoms with Gasteiger partial charge in [-0.25, -0.2) is 0 Å². The van der Waals surface area contributed by atoms with Gasteiger partial charge in [-0.05, 0) is 44.2 Å². The number of nitrogens with one attached hydrogen (secondary N) is 2. The third-order valence-electron chi connectivity index (χ3n) is 3.91. The molecule has 2 aromatic carbocycles. The molecule has 0 heterocycles. The number of carbonyl (C=O) groups is 2. The second kappa shape index (κ2) is 10.4. The lowest BCUT2D eigenvalue weighted by molar-refractivity contribution is -0.133. The molecule has 2 amide bonds. The summed E-state index contributed by atoms with van der Waals surface area (Å²) in [6.07, 6.45) is 0. The molecule has 2 aromatic rings. The van der Waals surface area contributed by atoms with E-state index in [9.17, 15) is 9.59 Å². The van der Waals surface area contributed by atoms with Crippen molar-refractivity contribution in [3.63, 3.8) is 0 Å². The van der Waals surface area contributed by atoms with E-state index in [2.05, 4.69) is 10.6 Å². The molecule has 144 valence electrons. The Kier molecular flexibility index (Phi) is 7.95. The number of ether oxygens (including phenoxy) is 1. The van der Waals surface area contributed by atoms with Gasteiger partial charge >= 0.3 is 0 Å². The highest BCUT2D eigenvalue weighted by atomic mass is 35.5. The number of nitrogens with zero attached hydrogens (tertiary/aromatic N) is 1. The van der Waals surface area contributed by atoms with E-state index in [-0.39, 0.29) is 25.0 Å². The lowest BCUT2D eigenvalue weighted by Gasteiger charge is -2.19. The fraction of sp³-hybridized carbons (Fsp3) is 0.300. The molecule has 0 fully saturated rings. The van der Waals surface area contributed by atoms with Crippen molar-refractivity contribution in [3.05, 3.63) is 53.6 Å². The zero-order valence-electron chi connectivity index (χ0n) is 15.5. The van der Waals surface area contributed by atoms with Gasteiger partial charge in [0.1, 0.15) is 5.75 Å². The third kappa shape index (κ3) is 6.49. The minimum absolute atomic E-state index is 0.0753. The lowest BCUT2D eigenvalue weighted by atomic mass is 10.3. The average molecular weight is 390 g/mol. The molecule has 0 saturated carbocycles. The van der Waals surface area contributed by atoms with Gasteiger partial charge in [0.15, 0.2) is 6.61 Å². The SMILES string of the molecule is CCN(CC)C(=O)COc1ccc(NC(=O)CNc2ccccc2)cc1Cl. The molecule has 0 aromatic heterocycles. The highest BCUT2D eigenvalue weighted by molar-refractivity contribution is 6.32. The van der Waals surface area contributed by atoms with Crippen molar-refractivity contribution in [2.45, 2.75) is 13.8 Å². The lowest BCUT2D eigenvalue weighted by Crippen LogP contribution is -2.34. The van der Waals surface area contributed by atoms with Gasteiger partial charge in [-0.3, -0.25) is 9.59 Å². The highest BCUT2D eigenvalue weighted by Crippen LogP contribution is 2.27. The molecule has 27 heavy (non-hydrogen) atoms. The Morgan fingerprint density at radius 2 is 1.74 bits per heavy atom. The fourth-order valence-electron chi connectivity index (χ4n) is 2.45. The van der Waals surface area contributed by atoms with Gasteiger partial charge < -0.3 is 20.3 Å². The number of rotatable bonds is 9. The average Bonchev–Trinajstić information content (AvgIpc) is 2.67. The van der Waals surface area contributed by atoms with Crippen LogP contribution < -0.4 is 15.4 Å². The zero-order valence-corrected chi connectivity index (χ0v) is 16.3. The van der Waals surface area contributed by atoms with Crippen molar-refractivity contribution in [1.29, 1.82) is 0 Å². The highest BCUT2D eigenvalue weighted by Gasteiger charge is 2.12. The van der Waals surface area contributed by atoms with Crippen LogP contribution in [0.1, 0.15) is 13.8 Å². The van der Waals surface area contributed by atoms with Gasteiger partial charge in [0.05, 0.1) is 11.6 Å². The molecule has 0 saturated heterocycles. The molecule has 0 atom stereocenters. The number of likely N-dealkylation sites (N-methyl/N-ethyl adjacent to an activating group) is 1. The third-order valence-corrected chi connectivity index (χ3v) is 4.21. The summed E-state index contributed by atoms with van der Waals surface area (Å²) in [7, 11) is 0. The Bertz CT molecular complexity index is 764. The monoisotopic (exact) mass is 389 g/mol. The first-order valence-corrected chi connectivity index (χ1v) is 9.20. The Labute approximate surface area is 164 Å². The minimum atomic E-state index is -0.194. The number of benzene rings is 2. The van der Waals surface area contributed by atoms with E-state index >= 15 is 0 Å². The molecule has 0 unspecified atom stereocenters. The van der Waals surface area contributed by atoms with Crippen LogP contribution in [-0.4, -0.2) is 43.0 Å². The number of hydrogen-bond donors (Lipinski definition) is 2. The normalized spacial score (nSPS) is 10.2. The van der Waals surface area contributed by atoms with Crippen LogP contribution in [0.5, 0.6) is 5.75 Å². The molecule has 0 bridgehead atoms. The van der Waals surface area contributed by atoms with E-state index in [1.165, 1.54) is 0 Å². The van der Waals surface area contributed by atoms with Crippen molar-refractivity contribution in [3.8, 4) is 5.75 Å². The minimum Gasteiger partial charge on any atom is -0.482 e. The van der Waals surface area contributed by atoms with Gasteiger partial charge in [-0.1, -0.05) is 29.8 Å². The molecule has 0 spiro atoms. The summed E-state index contributed by atoms with van der Waals surface area (Å²) in [4.78, 5) is 25.7. The molecule has 6 nitrogen and oxygen atoms in total. The van der Waals surface area contributed by atoms with Crippen molar-refractivity contribution in [2.24, 2.45) is 0 Å². The molecule has 2 N–H and O–H groups in total. The predicted molar refractivity (Wildman–Crippen MR) is 108 cm³/mol.